The van der Waals surface area contributed by atoms with E-state index in [2.05, 4.69) is 34.5 Å². The molecule has 332 valence electrons. The zero-order chi connectivity index (χ0) is 44.6. The van der Waals surface area contributed by atoms with Crippen LogP contribution in [0.3, 0.4) is 0 Å². The number of carbonyl (C=O) groups is 2. The molecule has 0 amide bonds. The van der Waals surface area contributed by atoms with Gasteiger partial charge in [-0.05, 0) is 74.5 Å². The second-order valence-corrected chi connectivity index (χ2v) is 17.1. The molecular weight excluding hydrogens is 796 g/mol. The fraction of sp³-hybridized carbons (Fsp3) is 0.560. The van der Waals surface area contributed by atoms with Crippen LogP contribution in [0.1, 0.15) is 113 Å². The van der Waals surface area contributed by atoms with E-state index in [0.29, 0.717) is 56.9 Å². The summed E-state index contributed by atoms with van der Waals surface area (Å²) >= 11 is 6.59. The zero-order valence-electron chi connectivity index (χ0n) is 36.4. The van der Waals surface area contributed by atoms with Gasteiger partial charge >= 0.3 is 11.9 Å². The summed E-state index contributed by atoms with van der Waals surface area (Å²) in [4.78, 5) is 22.7. The standard InChI is InChI=1S/C25H33ClO5.C25H32O5/c1-4-5-8-16(2)21(27)14-13-18-22(28)15-20(26)24(18)19-11-6-9-17(25(19)30)10-7-12-23(29)31-3;1-4-5-8-16(2)20(26)14-13-18-21(27)15-22-24(18)19-11-6-9-17(25(19)30-22)10-7-12-23(28)29-3/h6,9,11,13-14,16,18,20-22,24,27-28,30H,7-8,10,12,15H2,1-3H3;6,9,11,13-14,16,18,20-22,24,26-27H,7-8,10,12,15H2,1-3H3/b2*14-13+/t16?,18-,20+,21?,22+,24-;16?,18-,20+,21+,22-,24-/m00/s1. The highest BCUT2D eigenvalue weighted by Crippen LogP contribution is 2.52. The number of ether oxygens (including phenoxy) is 3. The van der Waals surface area contributed by atoms with E-state index in [1.165, 1.54) is 14.2 Å². The lowest BCUT2D eigenvalue weighted by Crippen LogP contribution is -2.20. The fourth-order valence-electron chi connectivity index (χ4n) is 8.59. The van der Waals surface area contributed by atoms with Crippen LogP contribution in [0, 0.1) is 47.4 Å². The van der Waals surface area contributed by atoms with Crippen LogP contribution < -0.4 is 4.74 Å². The predicted octanol–water partition coefficient (Wildman–Crippen LogP) is 7.30. The first-order valence-corrected chi connectivity index (χ1v) is 21.9. The minimum atomic E-state index is -0.679. The SMILES string of the molecule is CC#CCC(C)C(O)/C=C/[C@@H]1[C@@H](c2cccc(CCCC(=O)OC)c2O)[C@H](Cl)C[C@H]1O.CC#CCC(C)[C@H](O)/C=C/[C@@H]1[C@H]2c3cccc(CCCC(=O)OC)c3O[C@H]2C[C@H]1O. The van der Waals surface area contributed by atoms with Gasteiger partial charge in [0.25, 0.3) is 0 Å². The molecule has 12 atom stereocenters. The Morgan fingerprint density at radius 2 is 1.28 bits per heavy atom. The molecule has 0 saturated heterocycles. The zero-order valence-corrected chi connectivity index (χ0v) is 37.2. The van der Waals surface area contributed by atoms with Crippen LogP contribution in [0.15, 0.2) is 60.7 Å². The van der Waals surface area contributed by atoms with E-state index in [1.807, 2.05) is 56.3 Å². The molecule has 11 heteroatoms. The number of alkyl halides is 1. The highest BCUT2D eigenvalue weighted by atomic mass is 35.5. The summed E-state index contributed by atoms with van der Waals surface area (Å²) in [6.45, 7) is 7.47. The third-order valence-corrected chi connectivity index (χ3v) is 12.7. The van der Waals surface area contributed by atoms with Crippen LogP contribution in [0.5, 0.6) is 11.5 Å². The Balaban J connectivity index is 0.000000269. The number of phenolic OH excluding ortho intramolecular Hbond substituents is 1. The number of hydrogen-bond donors (Lipinski definition) is 5. The molecule has 0 aromatic heterocycles. The largest absolute Gasteiger partial charge is 0.507 e. The van der Waals surface area contributed by atoms with Gasteiger partial charge in [0.1, 0.15) is 17.6 Å². The van der Waals surface area contributed by atoms with E-state index in [0.717, 1.165) is 28.9 Å². The summed E-state index contributed by atoms with van der Waals surface area (Å²) in [5, 5.41) is 52.6. The molecule has 5 rings (SSSR count). The lowest BCUT2D eigenvalue weighted by atomic mass is 9.85. The van der Waals surface area contributed by atoms with Crippen LogP contribution in [0.4, 0.5) is 0 Å². The molecule has 0 bridgehead atoms. The molecule has 3 unspecified atom stereocenters. The van der Waals surface area contributed by atoms with Gasteiger partial charge in [-0.2, -0.15) is 0 Å². The lowest BCUT2D eigenvalue weighted by molar-refractivity contribution is -0.141. The maximum atomic E-state index is 11.4. The van der Waals surface area contributed by atoms with Crippen LogP contribution in [-0.2, 0) is 31.9 Å². The van der Waals surface area contributed by atoms with Crippen molar-refractivity contribution in [3.05, 3.63) is 83.0 Å². The molecule has 1 aliphatic heterocycles. The van der Waals surface area contributed by atoms with Crippen molar-refractivity contribution in [3.8, 4) is 35.2 Å². The second kappa shape index (κ2) is 24.4. The van der Waals surface area contributed by atoms with Gasteiger partial charge in [0.15, 0.2) is 0 Å². The third kappa shape index (κ3) is 13.4. The van der Waals surface area contributed by atoms with E-state index < -0.39 is 24.4 Å². The number of halogens is 1. The Morgan fingerprint density at radius 3 is 1.82 bits per heavy atom. The first-order valence-electron chi connectivity index (χ1n) is 21.5. The minimum Gasteiger partial charge on any atom is -0.507 e. The Bertz CT molecular complexity index is 1940. The maximum absolute atomic E-state index is 11.4. The Kier molecular flexibility index (Phi) is 19.7. The number of carbonyl (C=O) groups excluding carboxylic acids is 2. The first-order chi connectivity index (χ1) is 29.3. The van der Waals surface area contributed by atoms with Crippen LogP contribution >= 0.6 is 11.6 Å². The summed E-state index contributed by atoms with van der Waals surface area (Å²) in [6, 6.07) is 11.6. The molecule has 1 heterocycles. The fourth-order valence-corrected chi connectivity index (χ4v) is 9.08. The molecule has 3 aliphatic rings. The predicted molar refractivity (Wildman–Crippen MR) is 237 cm³/mol. The minimum absolute atomic E-state index is 0.0287. The number of fused-ring (bicyclic) bond motifs is 3. The molecule has 0 radical (unpaired) electrons. The van der Waals surface area contributed by atoms with E-state index >= 15 is 0 Å². The molecule has 2 aliphatic carbocycles. The number of aliphatic hydroxyl groups excluding tert-OH is 4. The molecule has 61 heavy (non-hydrogen) atoms. The van der Waals surface area contributed by atoms with E-state index in [1.54, 1.807) is 26.0 Å². The number of rotatable bonds is 17. The van der Waals surface area contributed by atoms with Crippen molar-refractivity contribution < 1.29 is 49.3 Å². The van der Waals surface area contributed by atoms with Gasteiger partial charge in [0, 0.05) is 66.7 Å². The van der Waals surface area contributed by atoms with Crippen molar-refractivity contribution >= 4 is 23.5 Å². The topological polar surface area (TPSA) is 163 Å². The summed E-state index contributed by atoms with van der Waals surface area (Å²) in [5.74, 6) is 11.6. The molecule has 2 aromatic rings. The van der Waals surface area contributed by atoms with Crippen molar-refractivity contribution in [2.45, 2.75) is 140 Å². The van der Waals surface area contributed by atoms with Crippen molar-refractivity contribution in [1.29, 1.82) is 0 Å². The van der Waals surface area contributed by atoms with Crippen molar-refractivity contribution in [3.63, 3.8) is 0 Å². The first kappa shape index (κ1) is 49.4. The number of aliphatic hydroxyl groups is 4. The number of aromatic hydroxyl groups is 1. The van der Waals surface area contributed by atoms with Gasteiger partial charge in [0.2, 0.25) is 0 Å². The van der Waals surface area contributed by atoms with Gasteiger partial charge in [-0.25, -0.2) is 0 Å². The molecule has 10 nitrogen and oxygen atoms in total. The normalized spacial score (nSPS) is 25.7. The number of aryl methyl sites for hydroxylation is 2. The smallest absolute Gasteiger partial charge is 0.305 e. The highest BCUT2D eigenvalue weighted by molar-refractivity contribution is 6.21. The van der Waals surface area contributed by atoms with Gasteiger partial charge in [-0.1, -0.05) is 74.5 Å². The number of esters is 2. The monoisotopic (exact) mass is 860 g/mol. The quantitative estimate of drug-likeness (QED) is 0.0472. The van der Waals surface area contributed by atoms with Crippen molar-refractivity contribution in [2.24, 2.45) is 23.7 Å². The molecule has 0 spiro atoms. The lowest BCUT2D eigenvalue weighted by Gasteiger charge is -2.24. The Morgan fingerprint density at radius 1 is 0.787 bits per heavy atom. The second-order valence-electron chi connectivity index (χ2n) is 16.5. The number of para-hydroxylation sites is 2. The number of benzene rings is 2. The van der Waals surface area contributed by atoms with Gasteiger partial charge in [0.05, 0.1) is 38.6 Å². The van der Waals surface area contributed by atoms with Gasteiger partial charge < -0.3 is 39.7 Å². The average molecular weight is 862 g/mol. The maximum Gasteiger partial charge on any atom is 0.305 e. The summed E-state index contributed by atoms with van der Waals surface area (Å²) in [6.07, 6.45) is 10.2. The third-order valence-electron chi connectivity index (χ3n) is 12.3. The highest BCUT2D eigenvalue weighted by Gasteiger charge is 2.49. The van der Waals surface area contributed by atoms with Gasteiger partial charge in [-0.15, -0.1) is 35.3 Å². The Hall–Kier alpha value is -4.29. The van der Waals surface area contributed by atoms with E-state index in [4.69, 9.17) is 21.1 Å². The van der Waals surface area contributed by atoms with Crippen LogP contribution in [0.25, 0.3) is 0 Å². The summed E-state index contributed by atoms with van der Waals surface area (Å²) < 4.78 is 15.6. The molecule has 5 N–H and O–H groups in total. The van der Waals surface area contributed by atoms with E-state index in [-0.39, 0.29) is 71.1 Å². The summed E-state index contributed by atoms with van der Waals surface area (Å²) in [5.41, 5.74) is 3.62. The van der Waals surface area contributed by atoms with E-state index in [9.17, 15) is 35.1 Å². The molecule has 2 saturated carbocycles. The van der Waals surface area contributed by atoms with Crippen LogP contribution in [-0.4, -0.2) is 87.6 Å². The number of hydrogen-bond acceptors (Lipinski definition) is 10. The van der Waals surface area contributed by atoms with Gasteiger partial charge in [-0.3, -0.25) is 9.59 Å². The number of phenols is 1. The molecule has 2 aromatic carbocycles. The molecular formula is C50H65ClO10. The number of methoxy groups -OCH3 is 2. The van der Waals surface area contributed by atoms with Crippen molar-refractivity contribution in [1.82, 2.24) is 0 Å². The van der Waals surface area contributed by atoms with Crippen LogP contribution in [0.2, 0.25) is 0 Å². The summed E-state index contributed by atoms with van der Waals surface area (Å²) in [7, 11) is 2.76. The van der Waals surface area contributed by atoms with Crippen molar-refractivity contribution in [2.75, 3.05) is 14.2 Å². The average Bonchev–Trinajstić information content (AvgIpc) is 3.87. The molecule has 2 fully saturated rings. The Labute approximate surface area is 367 Å².